The van der Waals surface area contributed by atoms with Gasteiger partial charge in [-0.1, -0.05) is 16.8 Å². The molecule has 1 heterocycles. The number of nitrogens with two attached hydrogens (primary N) is 1. The number of pyridine rings is 1. The van der Waals surface area contributed by atoms with Crippen LogP contribution in [-0.4, -0.2) is 16.9 Å². The molecular formula is C20H14ClF3N4O3. The molecule has 3 N–H and O–H groups in total. The highest BCUT2D eigenvalue weighted by atomic mass is 35.5. The van der Waals surface area contributed by atoms with E-state index in [9.17, 15) is 18.0 Å². The van der Waals surface area contributed by atoms with Gasteiger partial charge in [0.15, 0.2) is 5.84 Å². The van der Waals surface area contributed by atoms with E-state index in [4.69, 9.17) is 26.9 Å². The second-order valence-corrected chi connectivity index (χ2v) is 6.43. The van der Waals surface area contributed by atoms with Gasteiger partial charge >= 0.3 is 12.3 Å². The fourth-order valence-corrected chi connectivity index (χ4v) is 2.37. The fraction of sp³-hybridized carbons (Fsp3) is 0.0500. The highest BCUT2D eigenvalue weighted by Gasteiger charge is 2.30. The monoisotopic (exact) mass is 450 g/mol. The van der Waals surface area contributed by atoms with Gasteiger partial charge in [-0.05, 0) is 54.6 Å². The third-order valence-corrected chi connectivity index (χ3v) is 4.01. The summed E-state index contributed by atoms with van der Waals surface area (Å²) < 4.78 is 43.1. The van der Waals surface area contributed by atoms with Crippen molar-refractivity contribution in [2.75, 3.05) is 5.32 Å². The van der Waals surface area contributed by atoms with E-state index < -0.39 is 17.8 Å². The molecule has 1 amide bonds. The number of carbonyl (C=O) groups is 1. The van der Waals surface area contributed by atoms with Crippen molar-refractivity contribution < 1.29 is 27.5 Å². The Bertz CT molecular complexity index is 1070. The number of hydrogen-bond donors (Lipinski definition) is 2. The van der Waals surface area contributed by atoms with Gasteiger partial charge in [-0.15, -0.1) is 0 Å². The molecule has 11 heteroatoms. The molecule has 3 rings (SSSR count). The van der Waals surface area contributed by atoms with Gasteiger partial charge < -0.3 is 10.5 Å². The second-order valence-electron chi connectivity index (χ2n) is 6.00. The van der Waals surface area contributed by atoms with Gasteiger partial charge in [0.1, 0.15) is 5.75 Å². The number of amides is 1. The molecule has 0 aliphatic heterocycles. The van der Waals surface area contributed by atoms with E-state index in [0.29, 0.717) is 28.2 Å². The first kappa shape index (κ1) is 21.9. The van der Waals surface area contributed by atoms with Crippen LogP contribution in [0.15, 0.2) is 72.0 Å². The van der Waals surface area contributed by atoms with Crippen molar-refractivity contribution in [3.05, 3.63) is 83.0 Å². The van der Waals surface area contributed by atoms with E-state index in [1.54, 1.807) is 24.3 Å². The van der Waals surface area contributed by atoms with Crippen LogP contribution < -0.4 is 15.8 Å². The van der Waals surface area contributed by atoms with E-state index in [1.807, 2.05) is 0 Å². The minimum absolute atomic E-state index is 0.00964. The first-order chi connectivity index (χ1) is 14.7. The van der Waals surface area contributed by atoms with Gasteiger partial charge in [0.05, 0.1) is 5.56 Å². The summed E-state index contributed by atoms with van der Waals surface area (Å²) in [6.45, 7) is 0. The van der Waals surface area contributed by atoms with Crippen molar-refractivity contribution in [2.45, 2.75) is 6.18 Å². The zero-order chi connectivity index (χ0) is 22.4. The normalized spacial score (nSPS) is 11.7. The van der Waals surface area contributed by atoms with Crippen LogP contribution in [0.4, 0.5) is 23.7 Å². The summed E-state index contributed by atoms with van der Waals surface area (Å²) in [6.07, 6.45) is -4.64. The number of aromatic nitrogens is 1. The van der Waals surface area contributed by atoms with Crippen molar-refractivity contribution >= 4 is 29.2 Å². The van der Waals surface area contributed by atoms with Gasteiger partial charge in [-0.3, -0.25) is 10.2 Å². The first-order valence-corrected chi connectivity index (χ1v) is 8.97. The Kier molecular flexibility index (Phi) is 6.61. The van der Waals surface area contributed by atoms with Gasteiger partial charge in [0.25, 0.3) is 0 Å². The van der Waals surface area contributed by atoms with Crippen molar-refractivity contribution in [1.29, 1.82) is 0 Å². The van der Waals surface area contributed by atoms with Gasteiger partial charge in [0, 0.05) is 28.5 Å². The van der Waals surface area contributed by atoms with Crippen LogP contribution in [0.25, 0.3) is 0 Å². The van der Waals surface area contributed by atoms with Crippen LogP contribution >= 0.6 is 11.6 Å². The number of hydrogen-bond acceptors (Lipinski definition) is 5. The van der Waals surface area contributed by atoms with Crippen LogP contribution in [-0.2, 0) is 11.0 Å². The smallest absolute Gasteiger partial charge is 0.437 e. The Morgan fingerprint density at radius 2 is 1.71 bits per heavy atom. The third kappa shape index (κ3) is 6.34. The van der Waals surface area contributed by atoms with Crippen LogP contribution in [0, 0.1) is 0 Å². The molecule has 0 atom stereocenters. The summed E-state index contributed by atoms with van der Waals surface area (Å²) in [5.41, 5.74) is 5.79. The Labute approximate surface area is 179 Å². The minimum atomic E-state index is -4.47. The summed E-state index contributed by atoms with van der Waals surface area (Å²) in [6, 6.07) is 14.4. The quantitative estimate of drug-likeness (QED) is 0.234. The number of alkyl halides is 3. The molecule has 0 aliphatic carbocycles. The molecule has 1 aromatic heterocycles. The topological polar surface area (TPSA) is 98.8 Å². The number of rotatable bonds is 5. The number of anilines is 1. The standard InChI is InChI=1S/C20H14ClF3N4O3/c21-14-4-6-15(7-5-14)27-19(29)31-28-18(25)12-1-8-16(9-2-12)30-17-10-3-13(11-26-17)20(22,23)24/h1-11H,(H2,25,28)(H,27,29). The average molecular weight is 451 g/mol. The largest absolute Gasteiger partial charge is 0.439 e. The van der Waals surface area contributed by atoms with Gasteiger partial charge in [-0.25, -0.2) is 9.78 Å². The highest BCUT2D eigenvalue weighted by molar-refractivity contribution is 6.30. The van der Waals surface area contributed by atoms with E-state index in [2.05, 4.69) is 15.5 Å². The number of amidine groups is 1. The van der Waals surface area contributed by atoms with Crippen LogP contribution in [0.2, 0.25) is 5.02 Å². The lowest BCUT2D eigenvalue weighted by Crippen LogP contribution is -2.17. The minimum Gasteiger partial charge on any atom is -0.439 e. The molecule has 2 aromatic carbocycles. The number of oxime groups is 1. The van der Waals surface area contributed by atoms with Gasteiger partial charge in [0.2, 0.25) is 5.88 Å². The molecule has 0 bridgehead atoms. The summed E-state index contributed by atoms with van der Waals surface area (Å²) >= 11 is 5.76. The predicted octanol–water partition coefficient (Wildman–Crippen LogP) is 5.42. The Hall–Kier alpha value is -3.79. The van der Waals surface area contributed by atoms with Crippen molar-refractivity contribution in [3.8, 4) is 11.6 Å². The Balaban J connectivity index is 1.57. The molecule has 0 unspecified atom stereocenters. The van der Waals surface area contributed by atoms with Crippen molar-refractivity contribution in [1.82, 2.24) is 4.98 Å². The molecule has 7 nitrogen and oxygen atoms in total. The second kappa shape index (κ2) is 9.35. The summed E-state index contributed by atoms with van der Waals surface area (Å²) in [5.74, 6) is 0.222. The lowest BCUT2D eigenvalue weighted by atomic mass is 10.2. The van der Waals surface area contributed by atoms with E-state index in [0.717, 1.165) is 12.1 Å². The zero-order valence-corrected chi connectivity index (χ0v) is 16.3. The molecule has 31 heavy (non-hydrogen) atoms. The molecule has 0 fully saturated rings. The summed E-state index contributed by atoms with van der Waals surface area (Å²) in [7, 11) is 0. The van der Waals surface area contributed by atoms with Crippen LogP contribution in [0.1, 0.15) is 11.1 Å². The Morgan fingerprint density at radius 1 is 1.03 bits per heavy atom. The Morgan fingerprint density at radius 3 is 2.29 bits per heavy atom. The number of nitrogens with one attached hydrogen (secondary N) is 1. The van der Waals surface area contributed by atoms with Gasteiger partial charge in [-0.2, -0.15) is 13.2 Å². The molecule has 160 valence electrons. The highest BCUT2D eigenvalue weighted by Crippen LogP contribution is 2.30. The molecule has 0 saturated heterocycles. The maximum atomic E-state index is 12.6. The predicted molar refractivity (Wildman–Crippen MR) is 108 cm³/mol. The molecule has 0 saturated carbocycles. The van der Waals surface area contributed by atoms with Crippen molar-refractivity contribution in [3.63, 3.8) is 0 Å². The number of ether oxygens (including phenoxy) is 1. The lowest BCUT2D eigenvalue weighted by molar-refractivity contribution is -0.137. The first-order valence-electron chi connectivity index (χ1n) is 8.59. The number of carbonyl (C=O) groups excluding carboxylic acids is 1. The van der Waals surface area contributed by atoms with E-state index in [1.165, 1.54) is 24.3 Å². The summed E-state index contributed by atoms with van der Waals surface area (Å²) in [4.78, 5) is 20.1. The van der Waals surface area contributed by atoms with Crippen LogP contribution in [0.5, 0.6) is 11.6 Å². The SMILES string of the molecule is NC(=NOC(=O)Nc1ccc(Cl)cc1)c1ccc(Oc2ccc(C(F)(F)F)cn2)cc1. The number of halogens is 4. The number of nitrogens with zero attached hydrogens (tertiary/aromatic N) is 2. The number of benzene rings is 2. The molecule has 0 radical (unpaired) electrons. The maximum Gasteiger partial charge on any atom is 0.437 e. The summed E-state index contributed by atoms with van der Waals surface area (Å²) in [5, 5.41) is 6.51. The third-order valence-electron chi connectivity index (χ3n) is 3.75. The fourth-order valence-electron chi connectivity index (χ4n) is 2.24. The lowest BCUT2D eigenvalue weighted by Gasteiger charge is -2.08. The molecule has 3 aromatic rings. The van der Waals surface area contributed by atoms with E-state index in [-0.39, 0.29) is 11.7 Å². The molecule has 0 spiro atoms. The van der Waals surface area contributed by atoms with E-state index >= 15 is 0 Å². The molecule has 0 aliphatic rings. The average Bonchev–Trinajstić information content (AvgIpc) is 2.74. The molecular weight excluding hydrogens is 437 g/mol. The van der Waals surface area contributed by atoms with Crippen LogP contribution in [0.3, 0.4) is 0 Å². The zero-order valence-electron chi connectivity index (χ0n) is 15.6. The maximum absolute atomic E-state index is 12.6. The van der Waals surface area contributed by atoms with Crippen molar-refractivity contribution in [2.24, 2.45) is 10.9 Å².